The average Bonchev–Trinajstić information content (AvgIpc) is 2.68. The second-order valence-electron chi connectivity index (χ2n) is 7.34. The highest BCUT2D eigenvalue weighted by atomic mass is 16.3. The van der Waals surface area contributed by atoms with Crippen LogP contribution in [0.4, 0.5) is 0 Å². The van der Waals surface area contributed by atoms with E-state index in [1.807, 2.05) is 43.3 Å². The maximum Gasteiger partial charge on any atom is 0.0886 e. The topological polar surface area (TPSA) is 46.9 Å². The molecule has 1 aliphatic rings. The third kappa shape index (κ3) is 4.71. The van der Waals surface area contributed by atoms with E-state index in [2.05, 4.69) is 28.0 Å². The molecule has 26 heavy (non-hydrogen) atoms. The Kier molecular flexibility index (Phi) is 6.43. The summed E-state index contributed by atoms with van der Waals surface area (Å²) in [6.45, 7) is 7.76. The average molecular weight is 354 g/mol. The number of aliphatic hydroxyl groups excluding tert-OH is 1. The fourth-order valence-corrected chi connectivity index (χ4v) is 3.71. The van der Waals surface area contributed by atoms with E-state index >= 15 is 0 Å². The first-order valence-corrected chi connectivity index (χ1v) is 9.53. The van der Waals surface area contributed by atoms with Gasteiger partial charge in [-0.25, -0.2) is 0 Å². The molecule has 0 amide bonds. The normalized spacial score (nSPS) is 18.6. The molecule has 1 fully saturated rings. The molecule has 0 aliphatic carbocycles. The molecule has 1 heterocycles. The van der Waals surface area contributed by atoms with E-state index in [1.54, 1.807) is 0 Å². The van der Waals surface area contributed by atoms with Crippen molar-refractivity contribution in [1.82, 2.24) is 9.80 Å². The standard InChI is InChI=1S/C22H30N2O2/c1-22(26,11-12-23-13-15-24(16-14-23)17-18-25)21-10-6-5-9-20(21)19-7-3-2-4-8-19/h2-10,25-26H,11-18H2,1H3. The fraction of sp³-hybridized carbons (Fsp3) is 0.455. The molecule has 1 aliphatic heterocycles. The van der Waals surface area contributed by atoms with Crippen LogP contribution in [-0.2, 0) is 5.60 Å². The Hall–Kier alpha value is -1.72. The lowest BCUT2D eigenvalue weighted by atomic mass is 9.86. The van der Waals surface area contributed by atoms with Crippen molar-refractivity contribution in [3.05, 3.63) is 60.2 Å². The number of aliphatic hydroxyl groups is 2. The summed E-state index contributed by atoms with van der Waals surface area (Å²) in [5.41, 5.74) is 2.37. The van der Waals surface area contributed by atoms with Crippen LogP contribution in [-0.4, -0.2) is 65.9 Å². The minimum Gasteiger partial charge on any atom is -0.395 e. The Bertz CT molecular complexity index is 680. The molecule has 3 rings (SSSR count). The zero-order valence-corrected chi connectivity index (χ0v) is 15.6. The van der Waals surface area contributed by atoms with Crippen molar-refractivity contribution in [1.29, 1.82) is 0 Å². The fourth-order valence-electron chi connectivity index (χ4n) is 3.71. The molecule has 0 spiro atoms. The molecule has 2 N–H and O–H groups in total. The van der Waals surface area contributed by atoms with Crippen molar-refractivity contribution in [2.75, 3.05) is 45.9 Å². The van der Waals surface area contributed by atoms with Crippen molar-refractivity contribution < 1.29 is 10.2 Å². The van der Waals surface area contributed by atoms with Gasteiger partial charge in [0.25, 0.3) is 0 Å². The minimum atomic E-state index is -0.866. The number of nitrogens with zero attached hydrogens (tertiary/aromatic N) is 2. The van der Waals surface area contributed by atoms with Gasteiger partial charge in [-0.05, 0) is 30.0 Å². The number of benzene rings is 2. The summed E-state index contributed by atoms with van der Waals surface area (Å²) in [5.74, 6) is 0. The van der Waals surface area contributed by atoms with Crippen molar-refractivity contribution in [2.45, 2.75) is 18.9 Å². The first-order valence-electron chi connectivity index (χ1n) is 9.53. The zero-order valence-electron chi connectivity index (χ0n) is 15.6. The quantitative estimate of drug-likeness (QED) is 0.802. The highest BCUT2D eigenvalue weighted by Gasteiger charge is 2.27. The third-order valence-electron chi connectivity index (χ3n) is 5.39. The molecule has 1 atom stereocenters. The molecule has 2 aromatic carbocycles. The molecule has 2 aromatic rings. The third-order valence-corrected chi connectivity index (χ3v) is 5.39. The lowest BCUT2D eigenvalue weighted by molar-refractivity contribution is 0.0279. The van der Waals surface area contributed by atoms with Gasteiger partial charge in [0.05, 0.1) is 12.2 Å². The minimum absolute atomic E-state index is 0.227. The Morgan fingerprint density at radius 2 is 1.42 bits per heavy atom. The summed E-state index contributed by atoms with van der Waals surface area (Å²) in [5, 5.41) is 20.3. The molecular weight excluding hydrogens is 324 g/mol. The summed E-state index contributed by atoms with van der Waals surface area (Å²) >= 11 is 0. The van der Waals surface area contributed by atoms with Crippen molar-refractivity contribution in [3.63, 3.8) is 0 Å². The van der Waals surface area contributed by atoms with Crippen LogP contribution in [0.15, 0.2) is 54.6 Å². The van der Waals surface area contributed by atoms with Crippen LogP contribution in [0.3, 0.4) is 0 Å². The van der Waals surface area contributed by atoms with Crippen LogP contribution < -0.4 is 0 Å². The van der Waals surface area contributed by atoms with Crippen LogP contribution in [0.2, 0.25) is 0 Å². The number of β-amino-alcohol motifs (C(OH)–C–C–N with tert-alkyl or cyclic N) is 1. The molecule has 1 saturated heterocycles. The molecule has 140 valence electrons. The summed E-state index contributed by atoms with van der Waals surface area (Å²) in [7, 11) is 0. The van der Waals surface area contributed by atoms with Crippen molar-refractivity contribution in [3.8, 4) is 11.1 Å². The lowest BCUT2D eigenvalue weighted by Crippen LogP contribution is -2.48. The maximum atomic E-state index is 11.2. The van der Waals surface area contributed by atoms with Crippen LogP contribution in [0.25, 0.3) is 11.1 Å². The van der Waals surface area contributed by atoms with E-state index in [4.69, 9.17) is 5.11 Å². The van der Waals surface area contributed by atoms with E-state index in [1.165, 1.54) is 0 Å². The molecule has 0 bridgehead atoms. The van der Waals surface area contributed by atoms with Crippen LogP contribution in [0.5, 0.6) is 0 Å². The summed E-state index contributed by atoms with van der Waals surface area (Å²) in [4.78, 5) is 4.70. The Morgan fingerprint density at radius 1 is 0.846 bits per heavy atom. The van der Waals surface area contributed by atoms with Gasteiger partial charge in [-0.2, -0.15) is 0 Å². The van der Waals surface area contributed by atoms with E-state index in [0.29, 0.717) is 6.42 Å². The van der Waals surface area contributed by atoms with Crippen molar-refractivity contribution >= 4 is 0 Å². The molecule has 0 aromatic heterocycles. The number of piperazine rings is 1. The van der Waals surface area contributed by atoms with Crippen LogP contribution in [0.1, 0.15) is 18.9 Å². The van der Waals surface area contributed by atoms with Gasteiger partial charge >= 0.3 is 0 Å². The number of hydrogen-bond acceptors (Lipinski definition) is 4. The van der Waals surface area contributed by atoms with E-state index in [9.17, 15) is 5.11 Å². The molecule has 1 unspecified atom stereocenters. The summed E-state index contributed by atoms with van der Waals surface area (Å²) < 4.78 is 0. The van der Waals surface area contributed by atoms with Gasteiger partial charge < -0.3 is 15.1 Å². The van der Waals surface area contributed by atoms with Gasteiger partial charge in [-0.1, -0.05) is 54.6 Å². The Morgan fingerprint density at radius 3 is 2.08 bits per heavy atom. The van der Waals surface area contributed by atoms with E-state index < -0.39 is 5.60 Å². The SMILES string of the molecule is CC(O)(CCN1CCN(CCO)CC1)c1ccccc1-c1ccccc1. The predicted molar refractivity (Wildman–Crippen MR) is 106 cm³/mol. The Balaban J connectivity index is 1.66. The van der Waals surface area contributed by atoms with Gasteiger partial charge in [0.1, 0.15) is 0 Å². The molecule has 0 radical (unpaired) electrons. The predicted octanol–water partition coefficient (Wildman–Crippen LogP) is 2.56. The summed E-state index contributed by atoms with van der Waals surface area (Å²) in [6, 6.07) is 18.4. The first kappa shape index (κ1) is 19.1. The number of rotatable bonds is 7. The van der Waals surface area contributed by atoms with Gasteiger partial charge in [-0.3, -0.25) is 4.90 Å². The van der Waals surface area contributed by atoms with Crippen LogP contribution >= 0.6 is 0 Å². The first-order chi connectivity index (χ1) is 12.6. The molecule has 4 nitrogen and oxygen atoms in total. The highest BCUT2D eigenvalue weighted by molar-refractivity contribution is 5.68. The lowest BCUT2D eigenvalue weighted by Gasteiger charge is -2.36. The van der Waals surface area contributed by atoms with Crippen LogP contribution in [0, 0.1) is 0 Å². The van der Waals surface area contributed by atoms with Crippen molar-refractivity contribution in [2.24, 2.45) is 0 Å². The monoisotopic (exact) mass is 354 g/mol. The smallest absolute Gasteiger partial charge is 0.0886 e. The molecule has 0 saturated carbocycles. The molecule has 4 heteroatoms. The zero-order chi connectivity index (χ0) is 18.4. The van der Waals surface area contributed by atoms with E-state index in [-0.39, 0.29) is 6.61 Å². The van der Waals surface area contributed by atoms with Gasteiger partial charge in [0.15, 0.2) is 0 Å². The number of hydrogen-bond donors (Lipinski definition) is 2. The van der Waals surface area contributed by atoms with Gasteiger partial charge in [0.2, 0.25) is 0 Å². The Labute approximate surface area is 156 Å². The molecular formula is C22H30N2O2. The van der Waals surface area contributed by atoms with E-state index in [0.717, 1.165) is 56.0 Å². The largest absolute Gasteiger partial charge is 0.395 e. The second kappa shape index (κ2) is 8.78. The maximum absolute atomic E-state index is 11.2. The van der Waals surface area contributed by atoms with Gasteiger partial charge in [-0.15, -0.1) is 0 Å². The van der Waals surface area contributed by atoms with Gasteiger partial charge in [0, 0.05) is 39.3 Å². The second-order valence-corrected chi connectivity index (χ2v) is 7.34. The summed E-state index contributed by atoms with van der Waals surface area (Å²) in [6.07, 6.45) is 0.705. The highest BCUT2D eigenvalue weighted by Crippen LogP contribution is 2.34.